The Morgan fingerprint density at radius 3 is 2.76 bits per heavy atom. The molecule has 0 aromatic carbocycles. The van der Waals surface area contributed by atoms with Crippen molar-refractivity contribution in [3.63, 3.8) is 0 Å². The normalized spacial score (nSPS) is 11.1. The van der Waals surface area contributed by atoms with Crippen molar-refractivity contribution in [1.82, 2.24) is 9.88 Å². The highest BCUT2D eigenvalue weighted by atomic mass is 16.4. The molecule has 1 rings (SSSR count). The fourth-order valence-corrected chi connectivity index (χ4v) is 1.69. The maximum atomic E-state index is 10.6. The number of carboxylic acids is 1. The Hall–Kier alpha value is -1.42. The van der Waals surface area contributed by atoms with Crippen LogP contribution in [0.4, 0.5) is 0 Å². The van der Waals surface area contributed by atoms with Crippen LogP contribution in [0, 0.1) is 0 Å². The van der Waals surface area contributed by atoms with Crippen LogP contribution in [0.25, 0.3) is 0 Å². The molecule has 0 spiro atoms. The first-order chi connectivity index (χ1) is 8.09. The molecule has 1 aromatic heterocycles. The van der Waals surface area contributed by atoms with E-state index in [-0.39, 0.29) is 6.42 Å². The molecule has 4 heteroatoms. The van der Waals surface area contributed by atoms with Crippen LogP contribution in [0.1, 0.15) is 25.8 Å². The third-order valence-electron chi connectivity index (χ3n) is 2.75. The monoisotopic (exact) mass is 236 g/mol. The number of carboxylic acid groups (broad SMARTS) is 1. The van der Waals surface area contributed by atoms with E-state index in [4.69, 9.17) is 5.11 Å². The summed E-state index contributed by atoms with van der Waals surface area (Å²) in [6.07, 6.45) is 4.72. The molecular formula is C13H20N2O2. The zero-order chi connectivity index (χ0) is 12.7. The van der Waals surface area contributed by atoms with Gasteiger partial charge in [-0.3, -0.25) is 9.78 Å². The lowest BCUT2D eigenvalue weighted by atomic mass is 10.2. The van der Waals surface area contributed by atoms with Crippen molar-refractivity contribution in [1.29, 1.82) is 0 Å². The van der Waals surface area contributed by atoms with Crippen molar-refractivity contribution >= 4 is 5.97 Å². The second kappa shape index (κ2) is 7.01. The van der Waals surface area contributed by atoms with Crippen LogP contribution < -0.4 is 0 Å². The van der Waals surface area contributed by atoms with Crippen LogP contribution in [0.5, 0.6) is 0 Å². The van der Waals surface area contributed by atoms with E-state index in [0.717, 1.165) is 13.0 Å². The fraction of sp³-hybridized carbons (Fsp3) is 0.538. The van der Waals surface area contributed by atoms with Gasteiger partial charge in [0, 0.05) is 31.5 Å². The number of aromatic nitrogens is 1. The molecule has 0 aliphatic carbocycles. The number of hydrogen-bond acceptors (Lipinski definition) is 3. The van der Waals surface area contributed by atoms with E-state index in [1.807, 2.05) is 18.3 Å². The van der Waals surface area contributed by atoms with Gasteiger partial charge in [-0.1, -0.05) is 6.07 Å². The highest BCUT2D eigenvalue weighted by molar-refractivity contribution is 5.66. The van der Waals surface area contributed by atoms with Crippen molar-refractivity contribution in [3.05, 3.63) is 30.1 Å². The van der Waals surface area contributed by atoms with Gasteiger partial charge < -0.3 is 10.0 Å². The number of pyridine rings is 1. The molecule has 0 unspecified atom stereocenters. The lowest BCUT2D eigenvalue weighted by Crippen LogP contribution is -2.34. The molecule has 0 saturated heterocycles. The summed E-state index contributed by atoms with van der Waals surface area (Å²) in [4.78, 5) is 16.8. The maximum absolute atomic E-state index is 10.6. The minimum absolute atomic E-state index is 0.200. The fourth-order valence-electron chi connectivity index (χ4n) is 1.69. The third kappa shape index (κ3) is 5.45. The van der Waals surface area contributed by atoms with Gasteiger partial charge in [0.05, 0.1) is 6.42 Å². The number of carbonyl (C=O) groups is 1. The Labute approximate surface area is 102 Å². The molecule has 0 saturated carbocycles. The molecule has 0 aliphatic rings. The summed E-state index contributed by atoms with van der Waals surface area (Å²) in [7, 11) is 0. The van der Waals surface area contributed by atoms with Gasteiger partial charge in [0.25, 0.3) is 0 Å². The Balaban J connectivity index is 2.42. The zero-order valence-electron chi connectivity index (χ0n) is 10.5. The lowest BCUT2D eigenvalue weighted by molar-refractivity contribution is -0.137. The summed E-state index contributed by atoms with van der Waals surface area (Å²) in [5.74, 6) is -0.739. The van der Waals surface area contributed by atoms with Crippen LogP contribution >= 0.6 is 0 Å². The minimum atomic E-state index is -0.739. The van der Waals surface area contributed by atoms with Gasteiger partial charge >= 0.3 is 5.97 Å². The Kier molecular flexibility index (Phi) is 5.63. The molecule has 0 fully saturated rings. The average molecular weight is 236 g/mol. The number of aliphatic carboxylic acids is 1. The smallest absolute Gasteiger partial charge is 0.304 e. The summed E-state index contributed by atoms with van der Waals surface area (Å²) in [6.45, 7) is 5.65. The minimum Gasteiger partial charge on any atom is -0.481 e. The second-order valence-corrected chi connectivity index (χ2v) is 4.38. The van der Waals surface area contributed by atoms with Crippen LogP contribution in [-0.2, 0) is 11.2 Å². The molecule has 94 valence electrons. The van der Waals surface area contributed by atoms with E-state index in [0.29, 0.717) is 12.6 Å². The van der Waals surface area contributed by atoms with Crippen LogP contribution in [-0.4, -0.2) is 40.1 Å². The van der Waals surface area contributed by atoms with Crippen molar-refractivity contribution in [3.8, 4) is 0 Å². The van der Waals surface area contributed by atoms with Crippen molar-refractivity contribution in [2.45, 2.75) is 32.7 Å². The van der Waals surface area contributed by atoms with Crippen LogP contribution in [0.2, 0.25) is 0 Å². The van der Waals surface area contributed by atoms with E-state index in [9.17, 15) is 4.79 Å². The second-order valence-electron chi connectivity index (χ2n) is 4.38. The van der Waals surface area contributed by atoms with Gasteiger partial charge in [-0.05, 0) is 31.9 Å². The van der Waals surface area contributed by atoms with Gasteiger partial charge in [-0.2, -0.15) is 0 Å². The summed E-state index contributed by atoms with van der Waals surface area (Å²) < 4.78 is 0. The van der Waals surface area contributed by atoms with E-state index in [1.165, 1.54) is 5.56 Å². The van der Waals surface area contributed by atoms with Gasteiger partial charge in [0.15, 0.2) is 0 Å². The van der Waals surface area contributed by atoms with Gasteiger partial charge in [0.1, 0.15) is 0 Å². The average Bonchev–Trinajstić information content (AvgIpc) is 2.29. The molecule has 0 amide bonds. The van der Waals surface area contributed by atoms with E-state index in [1.54, 1.807) is 6.20 Å². The standard InChI is InChI=1S/C13H20N2O2/c1-11(2)15(9-6-13(16)17)8-5-12-4-3-7-14-10-12/h3-4,7,10-11H,5-6,8-9H2,1-2H3,(H,16,17). The Morgan fingerprint density at radius 2 is 2.24 bits per heavy atom. The SMILES string of the molecule is CC(C)N(CCC(=O)O)CCc1cccnc1. The first-order valence-corrected chi connectivity index (χ1v) is 5.94. The number of hydrogen-bond donors (Lipinski definition) is 1. The Bertz CT molecular complexity index is 339. The molecule has 1 N–H and O–H groups in total. The molecule has 1 aromatic rings. The van der Waals surface area contributed by atoms with E-state index in [2.05, 4.69) is 23.7 Å². The van der Waals surface area contributed by atoms with E-state index >= 15 is 0 Å². The van der Waals surface area contributed by atoms with Crippen LogP contribution in [0.15, 0.2) is 24.5 Å². The zero-order valence-corrected chi connectivity index (χ0v) is 10.5. The summed E-state index contributed by atoms with van der Waals surface area (Å²) in [5.41, 5.74) is 1.19. The summed E-state index contributed by atoms with van der Waals surface area (Å²) >= 11 is 0. The van der Waals surface area contributed by atoms with Gasteiger partial charge in [0.2, 0.25) is 0 Å². The van der Waals surface area contributed by atoms with Gasteiger partial charge in [-0.25, -0.2) is 0 Å². The molecular weight excluding hydrogens is 216 g/mol. The molecule has 4 nitrogen and oxygen atoms in total. The van der Waals surface area contributed by atoms with E-state index < -0.39 is 5.97 Å². The molecule has 17 heavy (non-hydrogen) atoms. The first kappa shape index (κ1) is 13.6. The molecule has 0 atom stereocenters. The molecule has 1 heterocycles. The summed E-state index contributed by atoms with van der Waals surface area (Å²) in [5, 5.41) is 8.69. The highest BCUT2D eigenvalue weighted by Gasteiger charge is 2.10. The predicted molar refractivity (Wildman–Crippen MR) is 66.9 cm³/mol. The number of nitrogens with zero attached hydrogens (tertiary/aromatic N) is 2. The molecule has 0 bridgehead atoms. The summed E-state index contributed by atoms with van der Waals surface area (Å²) in [6, 6.07) is 4.33. The van der Waals surface area contributed by atoms with Crippen molar-refractivity contribution in [2.24, 2.45) is 0 Å². The van der Waals surface area contributed by atoms with Crippen LogP contribution in [0.3, 0.4) is 0 Å². The number of rotatable bonds is 7. The Morgan fingerprint density at radius 1 is 1.47 bits per heavy atom. The van der Waals surface area contributed by atoms with Crippen molar-refractivity contribution < 1.29 is 9.90 Å². The third-order valence-corrected chi connectivity index (χ3v) is 2.75. The molecule has 0 aliphatic heterocycles. The van der Waals surface area contributed by atoms with Gasteiger partial charge in [-0.15, -0.1) is 0 Å². The largest absolute Gasteiger partial charge is 0.481 e. The lowest BCUT2D eigenvalue weighted by Gasteiger charge is -2.25. The van der Waals surface area contributed by atoms with Crippen molar-refractivity contribution in [2.75, 3.05) is 13.1 Å². The first-order valence-electron chi connectivity index (χ1n) is 5.94. The quantitative estimate of drug-likeness (QED) is 0.784. The topological polar surface area (TPSA) is 53.4 Å². The molecule has 0 radical (unpaired) electrons. The highest BCUT2D eigenvalue weighted by Crippen LogP contribution is 2.04. The predicted octanol–water partition coefficient (Wildman–Crippen LogP) is 1.81. The maximum Gasteiger partial charge on any atom is 0.304 e.